The smallest absolute Gasteiger partial charge is 0.138 e. The molecule has 6 heteroatoms. The van der Waals surface area contributed by atoms with Crippen LogP contribution in [0.4, 0.5) is 5.69 Å². The van der Waals surface area contributed by atoms with Crippen LogP contribution in [0, 0.1) is 0 Å². The lowest BCUT2D eigenvalue weighted by Gasteiger charge is -2.36. The fourth-order valence-corrected chi connectivity index (χ4v) is 4.35. The summed E-state index contributed by atoms with van der Waals surface area (Å²) >= 11 is 0. The number of hydrogen-bond acceptors (Lipinski definition) is 5. The lowest BCUT2D eigenvalue weighted by Crippen LogP contribution is -2.46. The van der Waals surface area contributed by atoms with Gasteiger partial charge in [-0.15, -0.1) is 0 Å². The molecule has 0 bridgehead atoms. The number of anilines is 1. The molecular weight excluding hydrogens is 412 g/mol. The second kappa shape index (κ2) is 9.38. The van der Waals surface area contributed by atoms with Crippen molar-refractivity contribution >= 4 is 5.69 Å². The number of phenolic OH excluding ortho intramolecular Hbond substituents is 1. The van der Waals surface area contributed by atoms with Gasteiger partial charge in [-0.25, -0.2) is 4.68 Å². The van der Waals surface area contributed by atoms with Gasteiger partial charge in [-0.3, -0.25) is 4.90 Å². The summed E-state index contributed by atoms with van der Waals surface area (Å²) in [5.74, 6) is 1.18. The van der Waals surface area contributed by atoms with Gasteiger partial charge in [-0.05, 0) is 48.5 Å². The van der Waals surface area contributed by atoms with Gasteiger partial charge in [0.25, 0.3) is 0 Å². The summed E-state index contributed by atoms with van der Waals surface area (Å²) in [4.78, 5) is 4.71. The Bertz CT molecular complexity index is 1200. The Morgan fingerprint density at radius 3 is 2.24 bits per heavy atom. The molecule has 0 saturated carbocycles. The Labute approximate surface area is 194 Å². The first-order valence-electron chi connectivity index (χ1n) is 11.2. The molecule has 33 heavy (non-hydrogen) atoms. The maximum absolute atomic E-state index is 10.2. The van der Waals surface area contributed by atoms with Crippen LogP contribution in [0.3, 0.4) is 0 Å². The Hall–Kier alpha value is -3.77. The van der Waals surface area contributed by atoms with E-state index in [4.69, 9.17) is 9.84 Å². The molecule has 0 unspecified atom stereocenters. The van der Waals surface area contributed by atoms with Crippen molar-refractivity contribution in [2.24, 2.45) is 0 Å². The minimum absolute atomic E-state index is 0.344. The third kappa shape index (κ3) is 4.56. The van der Waals surface area contributed by atoms with Crippen LogP contribution in [-0.2, 0) is 6.54 Å². The summed E-state index contributed by atoms with van der Waals surface area (Å²) in [5, 5.41) is 15.2. The maximum Gasteiger partial charge on any atom is 0.138 e. The minimum atomic E-state index is 0.344. The molecule has 0 amide bonds. The molecule has 3 aromatic carbocycles. The van der Waals surface area contributed by atoms with E-state index in [9.17, 15) is 5.11 Å². The number of phenols is 1. The number of piperazine rings is 1. The fourth-order valence-electron chi connectivity index (χ4n) is 4.35. The number of aromatic hydroxyl groups is 1. The van der Waals surface area contributed by atoms with E-state index in [1.165, 1.54) is 5.56 Å². The SMILES string of the molecule is COc1ccc(-c2nn(-c3ccccc3)cc2CN2CCN(c3ccccc3O)CC2)cc1. The number of para-hydroxylation sites is 3. The molecule has 1 saturated heterocycles. The topological polar surface area (TPSA) is 53.8 Å². The average molecular weight is 441 g/mol. The number of methoxy groups -OCH3 is 1. The summed E-state index contributed by atoms with van der Waals surface area (Å²) in [5.41, 5.74) is 5.22. The van der Waals surface area contributed by atoms with Crippen molar-refractivity contribution < 1.29 is 9.84 Å². The van der Waals surface area contributed by atoms with Gasteiger partial charge in [0.05, 0.1) is 24.2 Å². The van der Waals surface area contributed by atoms with Crippen LogP contribution in [0.1, 0.15) is 5.56 Å². The van der Waals surface area contributed by atoms with Gasteiger partial charge in [-0.1, -0.05) is 30.3 Å². The Kier molecular flexibility index (Phi) is 6.00. The summed E-state index contributed by atoms with van der Waals surface area (Å²) in [6.07, 6.45) is 2.14. The molecule has 168 valence electrons. The van der Waals surface area contributed by atoms with E-state index in [1.54, 1.807) is 13.2 Å². The number of nitrogens with zero attached hydrogens (tertiary/aromatic N) is 4. The third-order valence-electron chi connectivity index (χ3n) is 6.16. The van der Waals surface area contributed by atoms with Crippen LogP contribution in [0.5, 0.6) is 11.5 Å². The molecule has 0 aliphatic carbocycles. The molecule has 0 spiro atoms. The summed E-state index contributed by atoms with van der Waals surface area (Å²) in [6.45, 7) is 4.42. The number of rotatable bonds is 6. The standard InChI is InChI=1S/C27H28N4O2/c1-33-24-13-11-21(12-14-24)27-22(20-31(28-27)23-7-3-2-4-8-23)19-29-15-17-30(18-16-29)25-9-5-6-10-26(25)32/h2-14,20,32H,15-19H2,1H3. The first-order valence-corrected chi connectivity index (χ1v) is 11.2. The van der Waals surface area contributed by atoms with E-state index < -0.39 is 0 Å². The number of hydrogen-bond donors (Lipinski definition) is 1. The molecule has 1 aromatic heterocycles. The Morgan fingerprint density at radius 2 is 1.55 bits per heavy atom. The normalized spacial score (nSPS) is 14.4. The Morgan fingerprint density at radius 1 is 0.848 bits per heavy atom. The second-order valence-corrected chi connectivity index (χ2v) is 8.26. The van der Waals surface area contributed by atoms with Crippen molar-refractivity contribution in [3.05, 3.63) is 90.6 Å². The van der Waals surface area contributed by atoms with Crippen molar-refractivity contribution in [3.63, 3.8) is 0 Å². The predicted molar refractivity (Wildman–Crippen MR) is 131 cm³/mol. The highest BCUT2D eigenvalue weighted by Gasteiger charge is 2.21. The van der Waals surface area contributed by atoms with Crippen LogP contribution in [0.2, 0.25) is 0 Å². The minimum Gasteiger partial charge on any atom is -0.506 e. The highest BCUT2D eigenvalue weighted by molar-refractivity contribution is 5.64. The maximum atomic E-state index is 10.2. The fraction of sp³-hybridized carbons (Fsp3) is 0.222. The molecule has 1 aliphatic heterocycles. The molecule has 1 aliphatic rings. The van der Waals surface area contributed by atoms with E-state index in [0.717, 1.165) is 61.1 Å². The second-order valence-electron chi connectivity index (χ2n) is 8.26. The average Bonchev–Trinajstić information content (AvgIpc) is 3.29. The highest BCUT2D eigenvalue weighted by Crippen LogP contribution is 2.29. The van der Waals surface area contributed by atoms with Crippen LogP contribution in [0.15, 0.2) is 85.1 Å². The first-order chi connectivity index (χ1) is 16.2. The molecule has 4 aromatic rings. The third-order valence-corrected chi connectivity index (χ3v) is 6.16. The van der Waals surface area contributed by atoms with Gasteiger partial charge in [-0.2, -0.15) is 5.10 Å². The molecule has 0 atom stereocenters. The number of aromatic nitrogens is 2. The molecule has 2 heterocycles. The van der Waals surface area contributed by atoms with E-state index in [-0.39, 0.29) is 0 Å². The number of benzene rings is 3. The van der Waals surface area contributed by atoms with E-state index in [1.807, 2.05) is 53.2 Å². The van der Waals surface area contributed by atoms with Crippen LogP contribution in [0.25, 0.3) is 16.9 Å². The van der Waals surface area contributed by atoms with Gasteiger partial charge < -0.3 is 14.7 Å². The quantitative estimate of drug-likeness (QED) is 0.476. The Balaban J connectivity index is 1.38. The van der Waals surface area contributed by atoms with Gasteiger partial charge in [0.1, 0.15) is 11.5 Å². The van der Waals surface area contributed by atoms with Crippen molar-refractivity contribution in [2.75, 3.05) is 38.2 Å². The first kappa shape index (κ1) is 21.1. The van der Waals surface area contributed by atoms with Crippen molar-refractivity contribution in [2.45, 2.75) is 6.54 Å². The van der Waals surface area contributed by atoms with Crippen LogP contribution < -0.4 is 9.64 Å². The number of ether oxygens (including phenoxy) is 1. The predicted octanol–water partition coefficient (Wildman–Crippen LogP) is 4.58. The molecule has 1 N–H and O–H groups in total. The molecular formula is C27H28N4O2. The highest BCUT2D eigenvalue weighted by atomic mass is 16.5. The largest absolute Gasteiger partial charge is 0.506 e. The van der Waals surface area contributed by atoms with Gasteiger partial charge in [0.2, 0.25) is 0 Å². The molecule has 6 nitrogen and oxygen atoms in total. The monoisotopic (exact) mass is 440 g/mol. The van der Waals surface area contributed by atoms with Crippen molar-refractivity contribution in [1.29, 1.82) is 0 Å². The summed E-state index contributed by atoms with van der Waals surface area (Å²) in [6, 6.07) is 25.9. The summed E-state index contributed by atoms with van der Waals surface area (Å²) in [7, 11) is 1.68. The van der Waals surface area contributed by atoms with Gasteiger partial charge >= 0.3 is 0 Å². The molecule has 5 rings (SSSR count). The van der Waals surface area contributed by atoms with E-state index >= 15 is 0 Å². The molecule has 1 fully saturated rings. The van der Waals surface area contributed by atoms with Crippen molar-refractivity contribution in [1.82, 2.24) is 14.7 Å². The van der Waals surface area contributed by atoms with Crippen LogP contribution >= 0.6 is 0 Å². The lowest BCUT2D eigenvalue weighted by atomic mass is 10.1. The van der Waals surface area contributed by atoms with Crippen LogP contribution in [-0.4, -0.2) is 53.1 Å². The van der Waals surface area contributed by atoms with Gasteiger partial charge in [0.15, 0.2) is 0 Å². The lowest BCUT2D eigenvalue weighted by molar-refractivity contribution is 0.249. The molecule has 0 radical (unpaired) electrons. The van der Waals surface area contributed by atoms with Crippen molar-refractivity contribution in [3.8, 4) is 28.4 Å². The zero-order chi connectivity index (χ0) is 22.6. The van der Waals surface area contributed by atoms with Gasteiger partial charge in [0, 0.05) is 50.0 Å². The summed E-state index contributed by atoms with van der Waals surface area (Å²) < 4.78 is 7.30. The zero-order valence-electron chi connectivity index (χ0n) is 18.8. The van der Waals surface area contributed by atoms with E-state index in [2.05, 4.69) is 40.3 Å². The van der Waals surface area contributed by atoms with E-state index in [0.29, 0.717) is 5.75 Å². The zero-order valence-corrected chi connectivity index (χ0v) is 18.8.